The molecule has 6 nitrogen and oxygen atoms in total. The Hall–Kier alpha value is -5.88. The number of imide groups is 2. The lowest BCUT2D eigenvalue weighted by molar-refractivity contribution is 0.0692. The second-order valence-electron chi connectivity index (χ2n) is 11.3. The third-order valence-corrected chi connectivity index (χ3v) is 8.77. The molecule has 8 rings (SSSR count). The van der Waals surface area contributed by atoms with E-state index in [1.165, 1.54) is 17.5 Å². The Balaban J connectivity index is 1.27. The normalized spacial score (nSPS) is 14.2. The van der Waals surface area contributed by atoms with E-state index in [0.717, 1.165) is 43.1 Å². The molecule has 4 amide bonds. The zero-order valence-corrected chi connectivity index (χ0v) is 23.9. The minimum Gasteiger partial charge on any atom is -0.277 e. The molecule has 44 heavy (non-hydrogen) atoms. The van der Waals surface area contributed by atoms with E-state index in [2.05, 4.69) is 0 Å². The van der Waals surface area contributed by atoms with Crippen LogP contribution < -0.4 is 4.90 Å². The standard InChI is InChI=1S/C38H24N2O4/c1-21-10-12-22(13-11-21)23-14-16-26(17-15-23)40-36(42)30-18-25-7-5-9-28(29(25)20-31(30)37(40)43)33-27-8-4-3-6-24(27)19-32-34(33)38(44)39(2)35(32)41/h3-20H,1-2H3. The Morgan fingerprint density at radius 1 is 0.477 bits per heavy atom. The summed E-state index contributed by atoms with van der Waals surface area (Å²) in [6, 6.07) is 34.2. The Labute approximate surface area is 252 Å². The molecule has 210 valence electrons. The molecule has 6 aromatic rings. The summed E-state index contributed by atoms with van der Waals surface area (Å²) in [5.41, 5.74) is 6.40. The predicted octanol–water partition coefficient (Wildman–Crippen LogP) is 7.66. The third kappa shape index (κ3) is 3.61. The number of anilines is 1. The number of hydrogen-bond acceptors (Lipinski definition) is 4. The van der Waals surface area contributed by atoms with Crippen molar-refractivity contribution in [2.75, 3.05) is 11.9 Å². The minimum atomic E-state index is -0.404. The first-order chi connectivity index (χ1) is 21.3. The lowest BCUT2D eigenvalue weighted by atomic mass is 9.87. The van der Waals surface area contributed by atoms with Crippen molar-refractivity contribution in [2.24, 2.45) is 0 Å². The van der Waals surface area contributed by atoms with Crippen molar-refractivity contribution in [2.45, 2.75) is 6.92 Å². The van der Waals surface area contributed by atoms with Crippen LogP contribution in [0.2, 0.25) is 0 Å². The van der Waals surface area contributed by atoms with Gasteiger partial charge in [-0.1, -0.05) is 84.4 Å². The van der Waals surface area contributed by atoms with Crippen molar-refractivity contribution in [1.29, 1.82) is 0 Å². The van der Waals surface area contributed by atoms with Gasteiger partial charge in [0.25, 0.3) is 23.6 Å². The quantitative estimate of drug-likeness (QED) is 0.204. The summed E-state index contributed by atoms with van der Waals surface area (Å²) in [6.45, 7) is 2.04. The molecule has 0 fully saturated rings. The van der Waals surface area contributed by atoms with Gasteiger partial charge in [-0.2, -0.15) is 0 Å². The molecule has 0 spiro atoms. The third-order valence-electron chi connectivity index (χ3n) is 8.77. The summed E-state index contributed by atoms with van der Waals surface area (Å²) in [6.07, 6.45) is 0. The van der Waals surface area contributed by atoms with E-state index < -0.39 is 5.91 Å². The summed E-state index contributed by atoms with van der Waals surface area (Å²) >= 11 is 0. The summed E-state index contributed by atoms with van der Waals surface area (Å²) in [5.74, 6) is -1.49. The largest absolute Gasteiger partial charge is 0.277 e. The molecule has 6 heteroatoms. The Morgan fingerprint density at radius 3 is 1.80 bits per heavy atom. The molecular formula is C38H24N2O4. The molecule has 0 N–H and O–H groups in total. The molecule has 6 aromatic carbocycles. The SMILES string of the molecule is Cc1ccc(-c2ccc(N3C(=O)c4cc5cccc(-c6c7c(cc8ccccc68)C(=O)N(C)C7=O)c5cc4C3=O)cc2)cc1. The fourth-order valence-corrected chi connectivity index (χ4v) is 6.47. The van der Waals surface area contributed by atoms with E-state index in [0.29, 0.717) is 33.5 Å². The highest BCUT2D eigenvalue weighted by molar-refractivity contribution is 6.36. The number of fused-ring (bicyclic) bond motifs is 4. The summed E-state index contributed by atoms with van der Waals surface area (Å²) in [5, 5.41) is 3.14. The number of benzene rings is 6. The monoisotopic (exact) mass is 572 g/mol. The second-order valence-corrected chi connectivity index (χ2v) is 11.3. The van der Waals surface area contributed by atoms with Gasteiger partial charge in [-0.05, 0) is 75.5 Å². The number of hydrogen-bond donors (Lipinski definition) is 0. The maximum absolute atomic E-state index is 13.8. The average Bonchev–Trinajstić information content (AvgIpc) is 3.42. The number of amides is 4. The summed E-state index contributed by atoms with van der Waals surface area (Å²) in [4.78, 5) is 56.3. The zero-order valence-electron chi connectivity index (χ0n) is 23.9. The molecular weight excluding hydrogens is 548 g/mol. The van der Waals surface area contributed by atoms with Crippen molar-refractivity contribution in [3.05, 3.63) is 137 Å². The predicted molar refractivity (Wildman–Crippen MR) is 171 cm³/mol. The summed E-state index contributed by atoms with van der Waals surface area (Å²) in [7, 11) is 1.49. The van der Waals surface area contributed by atoms with E-state index in [1.54, 1.807) is 30.3 Å². The highest BCUT2D eigenvalue weighted by atomic mass is 16.2. The lowest BCUT2D eigenvalue weighted by Gasteiger charge is -2.15. The topological polar surface area (TPSA) is 74.8 Å². The van der Waals surface area contributed by atoms with Gasteiger partial charge in [0.05, 0.1) is 27.9 Å². The molecule has 0 unspecified atom stereocenters. The van der Waals surface area contributed by atoms with Gasteiger partial charge in [0, 0.05) is 12.6 Å². The molecule has 2 aliphatic rings. The number of carbonyl (C=O) groups excluding carboxylic acids is 4. The van der Waals surface area contributed by atoms with Crippen molar-refractivity contribution < 1.29 is 19.2 Å². The molecule has 0 saturated heterocycles. The Morgan fingerprint density at radius 2 is 1.07 bits per heavy atom. The van der Waals surface area contributed by atoms with Crippen molar-refractivity contribution in [3.63, 3.8) is 0 Å². The van der Waals surface area contributed by atoms with E-state index in [1.807, 2.05) is 85.8 Å². The van der Waals surface area contributed by atoms with Crippen LogP contribution in [0, 0.1) is 6.92 Å². The second kappa shape index (κ2) is 9.31. The number of nitrogens with zero attached hydrogens (tertiary/aromatic N) is 2. The van der Waals surface area contributed by atoms with Gasteiger partial charge in [0.1, 0.15) is 0 Å². The number of aryl methyl sites for hydroxylation is 1. The average molecular weight is 573 g/mol. The van der Waals surface area contributed by atoms with Crippen LogP contribution in [0.1, 0.15) is 47.0 Å². The Bertz CT molecular complexity index is 2270. The van der Waals surface area contributed by atoms with Gasteiger partial charge in [-0.3, -0.25) is 24.1 Å². The van der Waals surface area contributed by atoms with Crippen LogP contribution in [0.3, 0.4) is 0 Å². The van der Waals surface area contributed by atoms with Gasteiger partial charge in [0.2, 0.25) is 0 Å². The number of carbonyl (C=O) groups is 4. The number of rotatable bonds is 3. The maximum Gasteiger partial charge on any atom is 0.266 e. The van der Waals surface area contributed by atoms with Gasteiger partial charge >= 0.3 is 0 Å². The smallest absolute Gasteiger partial charge is 0.266 e. The van der Waals surface area contributed by atoms with E-state index in [-0.39, 0.29) is 17.7 Å². The highest BCUT2D eigenvalue weighted by Crippen LogP contribution is 2.43. The van der Waals surface area contributed by atoms with Crippen LogP contribution in [-0.4, -0.2) is 35.6 Å². The molecule has 2 aliphatic heterocycles. The molecule has 0 atom stereocenters. The molecule has 0 saturated carbocycles. The van der Waals surface area contributed by atoms with Crippen molar-refractivity contribution in [1.82, 2.24) is 4.90 Å². The van der Waals surface area contributed by atoms with Gasteiger partial charge in [-0.25, -0.2) is 4.90 Å². The zero-order chi connectivity index (χ0) is 30.3. The molecule has 0 aromatic heterocycles. The van der Waals surface area contributed by atoms with Crippen LogP contribution in [0.4, 0.5) is 5.69 Å². The van der Waals surface area contributed by atoms with Crippen LogP contribution >= 0.6 is 0 Å². The molecule has 0 aliphatic carbocycles. The minimum absolute atomic E-state index is 0.300. The first-order valence-electron chi connectivity index (χ1n) is 14.3. The van der Waals surface area contributed by atoms with Crippen LogP contribution in [0.25, 0.3) is 43.8 Å². The fraction of sp³-hybridized carbons (Fsp3) is 0.0526. The van der Waals surface area contributed by atoms with E-state index >= 15 is 0 Å². The fourth-order valence-electron chi connectivity index (χ4n) is 6.47. The first kappa shape index (κ1) is 25.8. The van der Waals surface area contributed by atoms with Gasteiger partial charge in [0.15, 0.2) is 0 Å². The van der Waals surface area contributed by atoms with Gasteiger partial charge < -0.3 is 0 Å². The molecule has 2 heterocycles. The first-order valence-corrected chi connectivity index (χ1v) is 14.3. The maximum atomic E-state index is 13.8. The van der Waals surface area contributed by atoms with E-state index in [4.69, 9.17) is 0 Å². The van der Waals surface area contributed by atoms with Crippen molar-refractivity contribution >= 4 is 50.9 Å². The Kier molecular flexibility index (Phi) is 5.46. The van der Waals surface area contributed by atoms with Gasteiger partial charge in [-0.15, -0.1) is 0 Å². The highest BCUT2D eigenvalue weighted by Gasteiger charge is 2.39. The molecule has 0 radical (unpaired) electrons. The van der Waals surface area contributed by atoms with Crippen LogP contribution in [-0.2, 0) is 0 Å². The summed E-state index contributed by atoms with van der Waals surface area (Å²) < 4.78 is 0. The van der Waals surface area contributed by atoms with E-state index in [9.17, 15) is 19.2 Å². The molecule has 0 bridgehead atoms. The van der Waals surface area contributed by atoms with Crippen molar-refractivity contribution in [3.8, 4) is 22.3 Å². The lowest BCUT2D eigenvalue weighted by Crippen LogP contribution is -2.29. The van der Waals surface area contributed by atoms with Crippen LogP contribution in [0.15, 0.2) is 109 Å². The van der Waals surface area contributed by atoms with Crippen LogP contribution in [0.5, 0.6) is 0 Å².